The highest BCUT2D eigenvalue weighted by Gasteiger charge is 2.64. The summed E-state index contributed by atoms with van der Waals surface area (Å²) in [6.07, 6.45) is 0.708. The largest absolute Gasteiger partial charge is 0.489 e. The summed E-state index contributed by atoms with van der Waals surface area (Å²) in [5, 5.41) is 10.1. The van der Waals surface area contributed by atoms with Gasteiger partial charge >= 0.3 is 5.97 Å². The molecule has 0 aliphatic heterocycles. The lowest BCUT2D eigenvalue weighted by Crippen LogP contribution is -2.31. The first-order chi connectivity index (χ1) is 16.3. The Morgan fingerprint density at radius 3 is 2.62 bits per heavy atom. The quantitative estimate of drug-likeness (QED) is 0.278. The van der Waals surface area contributed by atoms with E-state index < -0.39 is 23.2 Å². The number of hydrogen-bond acceptors (Lipinski definition) is 6. The minimum absolute atomic E-state index is 0.197. The second-order valence-corrected chi connectivity index (χ2v) is 9.43. The molecule has 1 aromatic heterocycles. The summed E-state index contributed by atoms with van der Waals surface area (Å²) in [5.74, 6) is -0.644. The predicted octanol–water partition coefficient (Wildman–Crippen LogP) is 4.38. The normalized spacial score (nSPS) is 19.1. The third-order valence-corrected chi connectivity index (χ3v) is 6.22. The topological polar surface area (TPSA) is 97.8 Å². The Bertz CT molecular complexity index is 1190. The minimum atomic E-state index is -0.947. The number of pyridine rings is 1. The smallest absolute Gasteiger partial charge is 0.313 e. The van der Waals surface area contributed by atoms with Crippen LogP contribution in [0.1, 0.15) is 37.1 Å². The van der Waals surface area contributed by atoms with Crippen molar-refractivity contribution in [3.05, 3.63) is 71.4 Å². The van der Waals surface area contributed by atoms with Crippen molar-refractivity contribution in [3.8, 4) is 5.75 Å². The lowest BCUT2D eigenvalue weighted by atomic mass is 9.93. The molecule has 0 unspecified atom stereocenters. The number of carbonyl (C=O) groups is 2. The fraction of sp³-hybridized carbons (Fsp3) is 0.370. The molecule has 0 spiro atoms. The molecule has 7 heteroatoms. The van der Waals surface area contributed by atoms with E-state index in [0.717, 1.165) is 27.7 Å². The molecule has 1 saturated carbocycles. The number of esters is 1. The van der Waals surface area contributed by atoms with Crippen molar-refractivity contribution in [1.29, 1.82) is 0 Å². The van der Waals surface area contributed by atoms with Crippen molar-refractivity contribution in [2.75, 3.05) is 6.61 Å². The van der Waals surface area contributed by atoms with Crippen molar-refractivity contribution in [1.82, 2.24) is 10.5 Å². The zero-order chi connectivity index (χ0) is 24.3. The van der Waals surface area contributed by atoms with Crippen LogP contribution in [0.25, 0.3) is 10.9 Å². The van der Waals surface area contributed by atoms with Crippen molar-refractivity contribution in [2.24, 2.45) is 17.3 Å². The molecule has 4 rings (SSSR count). The highest BCUT2D eigenvalue weighted by Crippen LogP contribution is 2.56. The zero-order valence-corrected chi connectivity index (χ0v) is 19.7. The number of ether oxygens (including phenoxy) is 2. The lowest BCUT2D eigenvalue weighted by Gasteiger charge is -2.17. The summed E-state index contributed by atoms with van der Waals surface area (Å²) in [4.78, 5) is 29.4. The molecule has 1 fully saturated rings. The number of aryl methyl sites for hydroxylation is 1. The van der Waals surface area contributed by atoms with E-state index in [0.29, 0.717) is 31.8 Å². The number of carbonyl (C=O) groups excluding carboxylic acids is 2. The van der Waals surface area contributed by atoms with Crippen LogP contribution in [0.2, 0.25) is 0 Å². The zero-order valence-electron chi connectivity index (χ0n) is 19.7. The van der Waals surface area contributed by atoms with E-state index in [1.54, 1.807) is 5.48 Å². The van der Waals surface area contributed by atoms with Crippen molar-refractivity contribution < 1.29 is 24.3 Å². The van der Waals surface area contributed by atoms with Gasteiger partial charge in [-0.2, -0.15) is 0 Å². The fourth-order valence-electron chi connectivity index (χ4n) is 4.35. The maximum absolute atomic E-state index is 12.8. The molecule has 1 aliphatic rings. The number of amides is 1. The molecular weight excluding hydrogens is 432 g/mol. The van der Waals surface area contributed by atoms with Crippen LogP contribution < -0.4 is 10.2 Å². The van der Waals surface area contributed by atoms with Gasteiger partial charge in [-0.15, -0.1) is 0 Å². The van der Waals surface area contributed by atoms with Gasteiger partial charge in [-0.05, 0) is 55.5 Å². The van der Waals surface area contributed by atoms with Crippen LogP contribution in [0.15, 0.2) is 54.6 Å². The van der Waals surface area contributed by atoms with Gasteiger partial charge in [-0.1, -0.05) is 44.2 Å². The molecule has 7 nitrogen and oxygen atoms in total. The molecule has 178 valence electrons. The average molecular weight is 463 g/mol. The monoisotopic (exact) mass is 462 g/mol. The minimum Gasteiger partial charge on any atom is -0.489 e. The molecule has 2 N–H and O–H groups in total. The number of para-hydroxylation sites is 1. The first-order valence-corrected chi connectivity index (χ1v) is 11.5. The predicted molar refractivity (Wildman–Crippen MR) is 127 cm³/mol. The highest BCUT2D eigenvalue weighted by molar-refractivity contribution is 5.93. The Morgan fingerprint density at radius 2 is 1.91 bits per heavy atom. The van der Waals surface area contributed by atoms with Gasteiger partial charge in [0.05, 0.1) is 23.5 Å². The van der Waals surface area contributed by atoms with Gasteiger partial charge in [0, 0.05) is 16.6 Å². The second-order valence-electron chi connectivity index (χ2n) is 9.43. The van der Waals surface area contributed by atoms with E-state index in [4.69, 9.17) is 14.7 Å². The van der Waals surface area contributed by atoms with Crippen LogP contribution in [0.4, 0.5) is 0 Å². The van der Waals surface area contributed by atoms with Gasteiger partial charge in [0.25, 0.3) is 0 Å². The Balaban J connectivity index is 1.45. The maximum atomic E-state index is 12.8. The average Bonchev–Trinajstić information content (AvgIpc) is 3.56. The Kier molecular flexibility index (Phi) is 6.84. The Labute approximate surface area is 199 Å². The van der Waals surface area contributed by atoms with Crippen molar-refractivity contribution in [2.45, 2.75) is 40.2 Å². The Morgan fingerprint density at radius 1 is 1.18 bits per heavy atom. The molecule has 3 aromatic rings. The van der Waals surface area contributed by atoms with Gasteiger partial charge in [-0.25, -0.2) is 5.48 Å². The summed E-state index contributed by atoms with van der Waals surface area (Å²) in [6, 6.07) is 17.5. The van der Waals surface area contributed by atoms with E-state index >= 15 is 0 Å². The van der Waals surface area contributed by atoms with Gasteiger partial charge in [0.15, 0.2) is 0 Å². The van der Waals surface area contributed by atoms with Crippen LogP contribution in [0.3, 0.4) is 0 Å². The van der Waals surface area contributed by atoms with Gasteiger partial charge in [0.1, 0.15) is 12.4 Å². The summed E-state index contributed by atoms with van der Waals surface area (Å²) in [6.45, 7) is 6.59. The third kappa shape index (κ3) is 5.04. The molecule has 1 amide bonds. The number of aromatic nitrogens is 1. The molecule has 2 atom stereocenters. The first kappa shape index (κ1) is 23.7. The van der Waals surface area contributed by atoms with E-state index in [1.807, 2.05) is 75.4 Å². The van der Waals surface area contributed by atoms with Crippen LogP contribution in [0.5, 0.6) is 5.75 Å². The number of benzene rings is 2. The summed E-state index contributed by atoms with van der Waals surface area (Å²) in [7, 11) is 0. The number of hydroxylamine groups is 1. The molecule has 1 heterocycles. The van der Waals surface area contributed by atoms with Crippen LogP contribution in [-0.4, -0.2) is 28.7 Å². The molecular formula is C27H30N2O5. The molecule has 0 saturated heterocycles. The highest BCUT2D eigenvalue weighted by atomic mass is 16.5. The van der Waals surface area contributed by atoms with E-state index in [2.05, 4.69) is 4.98 Å². The van der Waals surface area contributed by atoms with Crippen molar-refractivity contribution >= 4 is 22.8 Å². The molecule has 0 radical (unpaired) electrons. The standard InChI is InChI=1S/C27H30N2O5/c1-17(2)15-34-26(31)27(14-23(27)25(30)29-32)13-19-8-10-21(11-9-19)33-16-20-12-18(3)28-24-7-5-4-6-22(20)24/h4-12,17,23,32H,13-16H2,1-3H3,(H,29,30)/t23-,27+/m1/s1. The molecule has 34 heavy (non-hydrogen) atoms. The van der Waals surface area contributed by atoms with Crippen LogP contribution in [-0.2, 0) is 27.4 Å². The number of nitrogens with zero attached hydrogens (tertiary/aromatic N) is 1. The van der Waals surface area contributed by atoms with Gasteiger partial charge in [-0.3, -0.25) is 19.8 Å². The number of hydrogen-bond donors (Lipinski definition) is 2. The van der Waals surface area contributed by atoms with Crippen molar-refractivity contribution in [3.63, 3.8) is 0 Å². The van der Waals surface area contributed by atoms with Crippen LogP contribution in [0, 0.1) is 24.2 Å². The van der Waals surface area contributed by atoms with E-state index in [1.165, 1.54) is 0 Å². The molecule has 1 aliphatic carbocycles. The van der Waals surface area contributed by atoms with Gasteiger partial charge in [0.2, 0.25) is 5.91 Å². The molecule has 0 bridgehead atoms. The number of rotatable bonds is 9. The van der Waals surface area contributed by atoms with E-state index in [-0.39, 0.29) is 5.92 Å². The number of nitrogens with one attached hydrogen (secondary N) is 1. The SMILES string of the molecule is Cc1cc(COc2ccc(C[C@]3(C(=O)OCC(C)C)C[C@@H]3C(=O)NO)cc2)c2ccccc2n1. The first-order valence-electron chi connectivity index (χ1n) is 11.5. The summed E-state index contributed by atoms with van der Waals surface area (Å²) < 4.78 is 11.5. The summed E-state index contributed by atoms with van der Waals surface area (Å²) >= 11 is 0. The van der Waals surface area contributed by atoms with Crippen LogP contribution >= 0.6 is 0 Å². The Hall–Kier alpha value is -3.45. The summed E-state index contributed by atoms with van der Waals surface area (Å²) in [5.41, 5.74) is 4.57. The molecule has 2 aromatic carbocycles. The maximum Gasteiger partial charge on any atom is 0.313 e. The fourth-order valence-corrected chi connectivity index (χ4v) is 4.35. The lowest BCUT2D eigenvalue weighted by molar-refractivity contribution is -0.153. The van der Waals surface area contributed by atoms with E-state index in [9.17, 15) is 9.59 Å². The van der Waals surface area contributed by atoms with Gasteiger partial charge < -0.3 is 9.47 Å². The third-order valence-electron chi connectivity index (χ3n) is 6.22. The number of fused-ring (bicyclic) bond motifs is 1. The second kappa shape index (κ2) is 9.81.